The average Bonchev–Trinajstić information content (AvgIpc) is 3.25. The molecule has 1 unspecified atom stereocenters. The van der Waals surface area contributed by atoms with Crippen molar-refractivity contribution >= 4 is 38.8 Å². The zero-order valence-corrected chi connectivity index (χ0v) is 19.2. The molecule has 2 aromatic carbocycles. The van der Waals surface area contributed by atoms with Crippen molar-refractivity contribution in [1.29, 1.82) is 0 Å². The van der Waals surface area contributed by atoms with E-state index in [1.54, 1.807) is 24.4 Å². The molecule has 0 aliphatic heterocycles. The van der Waals surface area contributed by atoms with Gasteiger partial charge in [0.1, 0.15) is 10.9 Å². The average molecular weight is 463 g/mol. The number of nitro benzene ring substituents is 1. The van der Waals surface area contributed by atoms with E-state index in [1.165, 1.54) is 34.4 Å². The van der Waals surface area contributed by atoms with E-state index in [1.807, 2.05) is 32.0 Å². The van der Waals surface area contributed by atoms with Gasteiger partial charge in [0.25, 0.3) is 11.2 Å². The number of thiophene rings is 1. The van der Waals surface area contributed by atoms with Crippen LogP contribution in [0.1, 0.15) is 31.0 Å². The first kappa shape index (κ1) is 22.3. The highest BCUT2D eigenvalue weighted by molar-refractivity contribution is 7.17. The highest BCUT2D eigenvalue weighted by Crippen LogP contribution is 2.32. The number of fused-ring (bicyclic) bond motifs is 1. The lowest BCUT2D eigenvalue weighted by Crippen LogP contribution is -2.32. The van der Waals surface area contributed by atoms with E-state index in [4.69, 9.17) is 0 Å². The molecule has 9 heteroatoms. The Kier molecular flexibility index (Phi) is 6.06. The van der Waals surface area contributed by atoms with Crippen molar-refractivity contribution in [3.63, 3.8) is 0 Å². The summed E-state index contributed by atoms with van der Waals surface area (Å²) >= 11 is 1.28. The molecule has 0 saturated carbocycles. The molecule has 2 heterocycles. The van der Waals surface area contributed by atoms with Crippen LogP contribution in [0.15, 0.2) is 59.0 Å². The highest BCUT2D eigenvalue weighted by atomic mass is 32.1. The topological polar surface area (TPSA) is 107 Å². The minimum Gasteiger partial charge on any atom is -0.324 e. The predicted molar refractivity (Wildman–Crippen MR) is 130 cm³/mol. The van der Waals surface area contributed by atoms with Crippen LogP contribution in [0, 0.1) is 17.0 Å². The Bertz CT molecular complexity index is 1440. The van der Waals surface area contributed by atoms with Gasteiger partial charge in [-0.3, -0.25) is 24.3 Å². The highest BCUT2D eigenvalue weighted by Gasteiger charge is 2.22. The van der Waals surface area contributed by atoms with Crippen LogP contribution in [0.4, 0.5) is 11.4 Å². The number of carbonyl (C=O) groups excluding carboxylic acids is 1. The van der Waals surface area contributed by atoms with Gasteiger partial charge in [0.05, 0.1) is 16.6 Å². The summed E-state index contributed by atoms with van der Waals surface area (Å²) in [7, 11) is 0. The van der Waals surface area contributed by atoms with Gasteiger partial charge >= 0.3 is 0 Å². The third-order valence-electron chi connectivity index (χ3n) is 5.67. The zero-order valence-electron chi connectivity index (χ0n) is 18.4. The summed E-state index contributed by atoms with van der Waals surface area (Å²) in [5.74, 6) is -0.325. The first-order valence-electron chi connectivity index (χ1n) is 10.4. The minimum atomic E-state index is -0.809. The molecule has 0 spiro atoms. The van der Waals surface area contributed by atoms with Crippen LogP contribution < -0.4 is 10.9 Å². The molecule has 0 aliphatic carbocycles. The van der Waals surface area contributed by atoms with Crippen LogP contribution in [0.25, 0.3) is 21.3 Å². The number of hydrogen-bond acceptors (Lipinski definition) is 6. The van der Waals surface area contributed by atoms with Gasteiger partial charge in [0.15, 0.2) is 0 Å². The van der Waals surface area contributed by atoms with Gasteiger partial charge in [-0.2, -0.15) is 0 Å². The molecule has 1 amide bonds. The Morgan fingerprint density at radius 3 is 2.76 bits per heavy atom. The van der Waals surface area contributed by atoms with Crippen molar-refractivity contribution in [3.05, 3.63) is 85.8 Å². The Morgan fingerprint density at radius 2 is 2.03 bits per heavy atom. The summed E-state index contributed by atoms with van der Waals surface area (Å²) in [5.41, 5.74) is 3.40. The van der Waals surface area contributed by atoms with Crippen LogP contribution in [-0.4, -0.2) is 20.4 Å². The number of hydrogen-bond donors (Lipinski definition) is 1. The van der Waals surface area contributed by atoms with Crippen LogP contribution in [0.5, 0.6) is 0 Å². The first-order valence-corrected chi connectivity index (χ1v) is 11.3. The molecule has 0 fully saturated rings. The molecule has 0 aliphatic rings. The number of benzene rings is 2. The molecule has 4 aromatic rings. The van der Waals surface area contributed by atoms with E-state index in [-0.39, 0.29) is 17.2 Å². The number of nitrogens with one attached hydrogen (secondary N) is 1. The maximum atomic E-state index is 13.4. The third kappa shape index (κ3) is 4.14. The van der Waals surface area contributed by atoms with Gasteiger partial charge in [-0.05, 0) is 37.0 Å². The standard InChI is InChI=1S/C24H22N4O4S/c1-4-16-8-5-7-14(2)21(16)26-22(29)15(3)27-13-25-23-20(24(27)30)19(12-33-23)17-9-6-10-18(11-17)28(31)32/h5-13,15H,4H2,1-3H3,(H,26,29). The van der Waals surface area contributed by atoms with Gasteiger partial charge in [-0.25, -0.2) is 4.98 Å². The number of carbonyl (C=O) groups is 1. The number of aromatic nitrogens is 2. The fourth-order valence-corrected chi connectivity index (χ4v) is 4.68. The SMILES string of the molecule is CCc1cccc(C)c1NC(=O)C(C)n1cnc2scc(-c3cccc([N+](=O)[O-])c3)c2c1=O. The molecular formula is C24H22N4O4S. The van der Waals surface area contributed by atoms with Crippen molar-refractivity contribution in [1.82, 2.24) is 9.55 Å². The van der Waals surface area contributed by atoms with Crippen LogP contribution in [0.3, 0.4) is 0 Å². The number of amides is 1. The maximum absolute atomic E-state index is 13.4. The lowest BCUT2D eigenvalue weighted by Gasteiger charge is -2.18. The summed E-state index contributed by atoms with van der Waals surface area (Å²) in [6, 6.07) is 11.1. The number of aryl methyl sites for hydroxylation is 2. The van der Waals surface area contributed by atoms with E-state index in [0.717, 1.165) is 23.2 Å². The quantitative estimate of drug-likeness (QED) is 0.317. The fraction of sp³-hybridized carbons (Fsp3) is 0.208. The van der Waals surface area contributed by atoms with E-state index in [9.17, 15) is 19.7 Å². The monoisotopic (exact) mass is 462 g/mol. The van der Waals surface area contributed by atoms with Gasteiger partial charge in [-0.1, -0.05) is 37.3 Å². The lowest BCUT2D eigenvalue weighted by atomic mass is 10.1. The summed E-state index contributed by atoms with van der Waals surface area (Å²) < 4.78 is 1.30. The Balaban J connectivity index is 1.74. The van der Waals surface area contributed by atoms with Crippen LogP contribution in [-0.2, 0) is 11.2 Å². The fourth-order valence-electron chi connectivity index (χ4n) is 3.78. The van der Waals surface area contributed by atoms with Crippen LogP contribution in [0.2, 0.25) is 0 Å². The molecule has 1 N–H and O–H groups in total. The van der Waals surface area contributed by atoms with Gasteiger partial charge in [0.2, 0.25) is 5.91 Å². The molecule has 4 rings (SSSR count). The molecule has 8 nitrogen and oxygen atoms in total. The third-order valence-corrected chi connectivity index (χ3v) is 6.56. The molecule has 0 bridgehead atoms. The number of rotatable bonds is 6. The number of nitro groups is 1. The number of non-ortho nitro benzene ring substituents is 1. The van der Waals surface area contributed by atoms with Crippen LogP contribution >= 0.6 is 11.3 Å². The second kappa shape index (κ2) is 8.95. The Hall–Kier alpha value is -3.85. The molecule has 2 aromatic heterocycles. The van der Waals surface area contributed by atoms with E-state index in [0.29, 0.717) is 21.3 Å². The second-order valence-electron chi connectivity index (χ2n) is 7.72. The van der Waals surface area contributed by atoms with Gasteiger partial charge < -0.3 is 5.32 Å². The van der Waals surface area contributed by atoms with E-state index < -0.39 is 11.0 Å². The Morgan fingerprint density at radius 1 is 1.27 bits per heavy atom. The Labute approximate surface area is 193 Å². The normalized spacial score (nSPS) is 12.0. The maximum Gasteiger partial charge on any atom is 0.270 e. The number of anilines is 1. The van der Waals surface area contributed by atoms with E-state index in [2.05, 4.69) is 10.3 Å². The number of para-hydroxylation sites is 1. The van der Waals surface area contributed by atoms with Gasteiger partial charge in [-0.15, -0.1) is 11.3 Å². The van der Waals surface area contributed by atoms with Crippen molar-refractivity contribution < 1.29 is 9.72 Å². The zero-order chi connectivity index (χ0) is 23.7. The summed E-state index contributed by atoms with van der Waals surface area (Å²) in [5, 5.41) is 16.2. The summed E-state index contributed by atoms with van der Waals surface area (Å²) in [6.07, 6.45) is 2.14. The van der Waals surface area contributed by atoms with Gasteiger partial charge in [0, 0.05) is 28.8 Å². The number of nitrogens with zero attached hydrogens (tertiary/aromatic N) is 3. The second-order valence-corrected chi connectivity index (χ2v) is 8.58. The minimum absolute atomic E-state index is 0.0613. The van der Waals surface area contributed by atoms with Crippen molar-refractivity contribution in [2.24, 2.45) is 0 Å². The largest absolute Gasteiger partial charge is 0.324 e. The van der Waals surface area contributed by atoms with Crippen molar-refractivity contribution in [2.45, 2.75) is 33.2 Å². The molecular weight excluding hydrogens is 440 g/mol. The lowest BCUT2D eigenvalue weighted by molar-refractivity contribution is -0.384. The molecule has 33 heavy (non-hydrogen) atoms. The molecule has 1 atom stereocenters. The predicted octanol–water partition coefficient (Wildman–Crippen LogP) is 5.10. The van der Waals surface area contributed by atoms with Crippen molar-refractivity contribution in [3.8, 4) is 11.1 Å². The molecule has 168 valence electrons. The first-order chi connectivity index (χ1) is 15.8. The molecule has 0 saturated heterocycles. The smallest absolute Gasteiger partial charge is 0.270 e. The molecule has 0 radical (unpaired) electrons. The summed E-state index contributed by atoms with van der Waals surface area (Å²) in [6.45, 7) is 5.59. The van der Waals surface area contributed by atoms with E-state index >= 15 is 0 Å². The summed E-state index contributed by atoms with van der Waals surface area (Å²) in [4.78, 5) is 42.1. The van der Waals surface area contributed by atoms with Crippen molar-refractivity contribution in [2.75, 3.05) is 5.32 Å².